The van der Waals surface area contributed by atoms with Gasteiger partial charge in [0.2, 0.25) is 5.95 Å². The Labute approximate surface area is 172 Å². The maximum Gasteiger partial charge on any atom is 0.229 e. The molecule has 3 heterocycles. The summed E-state index contributed by atoms with van der Waals surface area (Å²) in [7, 11) is 1.93. The van der Waals surface area contributed by atoms with E-state index in [0.29, 0.717) is 16.7 Å². The van der Waals surface area contributed by atoms with Crippen LogP contribution < -0.4 is 10.6 Å². The van der Waals surface area contributed by atoms with E-state index >= 15 is 0 Å². The van der Waals surface area contributed by atoms with E-state index in [1.54, 1.807) is 6.07 Å². The van der Waals surface area contributed by atoms with Gasteiger partial charge < -0.3 is 15.2 Å². The number of nitrogens with one attached hydrogen (secondary N) is 3. The minimum atomic E-state index is -0.398. The number of aryl methyl sites for hydroxylation is 3. The van der Waals surface area contributed by atoms with Crippen LogP contribution >= 0.6 is 11.6 Å². The van der Waals surface area contributed by atoms with Crippen molar-refractivity contribution < 1.29 is 4.39 Å². The van der Waals surface area contributed by atoms with E-state index in [0.717, 1.165) is 22.4 Å². The van der Waals surface area contributed by atoms with Crippen LogP contribution in [0.4, 0.5) is 27.7 Å². The van der Waals surface area contributed by atoms with Crippen LogP contribution in [0.15, 0.2) is 42.9 Å². The fourth-order valence-electron chi connectivity index (χ4n) is 2.99. The predicted molar refractivity (Wildman–Crippen MR) is 112 cm³/mol. The number of aromatic nitrogens is 5. The second-order valence-electron chi connectivity index (χ2n) is 6.79. The summed E-state index contributed by atoms with van der Waals surface area (Å²) in [4.78, 5) is 8.48. The fourth-order valence-corrected chi connectivity index (χ4v) is 3.13. The summed E-state index contributed by atoms with van der Waals surface area (Å²) in [5, 5.41) is 13.2. The van der Waals surface area contributed by atoms with E-state index in [1.807, 2.05) is 50.0 Å². The van der Waals surface area contributed by atoms with Crippen LogP contribution in [-0.4, -0.2) is 24.7 Å². The number of hydrogen-bond acceptors (Lipinski definition) is 5. The van der Waals surface area contributed by atoms with E-state index in [-0.39, 0.29) is 11.6 Å². The standard InChI is InChI=1S/C20H19ClFN7/c1-11-6-17(16(22)8-14(11)13-4-5-29(3)10-13)24-20-23-9-15(21)19(26-20)25-18-7-12(2)27-28-18/h4-10H,1-3H3,(H3,23,24,25,26,27,28). The lowest BCUT2D eigenvalue weighted by atomic mass is 10.0. The average Bonchev–Trinajstić information content (AvgIpc) is 3.29. The maximum absolute atomic E-state index is 14.8. The first-order chi connectivity index (χ1) is 13.9. The number of hydrogen-bond donors (Lipinski definition) is 3. The molecule has 0 unspecified atom stereocenters. The largest absolute Gasteiger partial charge is 0.357 e. The molecule has 4 aromatic rings. The molecule has 0 bridgehead atoms. The van der Waals surface area contributed by atoms with E-state index in [1.165, 1.54) is 12.3 Å². The molecule has 0 amide bonds. The Balaban J connectivity index is 1.60. The van der Waals surface area contributed by atoms with E-state index < -0.39 is 5.82 Å². The molecular formula is C20H19ClFN7. The van der Waals surface area contributed by atoms with Gasteiger partial charge in [-0.1, -0.05) is 11.6 Å². The zero-order chi connectivity index (χ0) is 20.5. The van der Waals surface area contributed by atoms with Gasteiger partial charge in [-0.15, -0.1) is 0 Å². The maximum atomic E-state index is 14.8. The van der Waals surface area contributed by atoms with Crippen molar-refractivity contribution in [1.82, 2.24) is 24.7 Å². The Hall–Kier alpha value is -3.39. The van der Waals surface area contributed by atoms with Gasteiger partial charge in [-0.25, -0.2) is 9.37 Å². The molecule has 148 valence electrons. The van der Waals surface area contributed by atoms with Gasteiger partial charge in [0.25, 0.3) is 0 Å². The van der Waals surface area contributed by atoms with Crippen LogP contribution in [0.5, 0.6) is 0 Å². The van der Waals surface area contributed by atoms with Crippen molar-refractivity contribution in [3.63, 3.8) is 0 Å². The Morgan fingerprint density at radius 1 is 1.17 bits per heavy atom. The van der Waals surface area contributed by atoms with Gasteiger partial charge in [0, 0.05) is 31.2 Å². The number of anilines is 4. The average molecular weight is 412 g/mol. The molecule has 0 aliphatic rings. The highest BCUT2D eigenvalue weighted by atomic mass is 35.5. The summed E-state index contributed by atoms with van der Waals surface area (Å²) >= 11 is 6.17. The van der Waals surface area contributed by atoms with Crippen LogP contribution in [0.3, 0.4) is 0 Å². The lowest BCUT2D eigenvalue weighted by Gasteiger charge is -2.12. The summed E-state index contributed by atoms with van der Waals surface area (Å²) in [6, 6.07) is 7.01. The third-order valence-corrected chi connectivity index (χ3v) is 4.68. The number of nitrogens with zero attached hydrogens (tertiary/aromatic N) is 4. The first kappa shape index (κ1) is 18.9. The zero-order valence-electron chi connectivity index (χ0n) is 16.1. The second-order valence-corrected chi connectivity index (χ2v) is 7.20. The molecule has 0 saturated carbocycles. The summed E-state index contributed by atoms with van der Waals surface area (Å²) in [6.45, 7) is 3.82. The molecule has 4 rings (SSSR count). The SMILES string of the molecule is Cc1cc(Nc2nc(Nc3cc(C)c(-c4ccn(C)c4)cc3F)ncc2Cl)n[nH]1. The van der Waals surface area contributed by atoms with Gasteiger partial charge in [-0.3, -0.25) is 5.10 Å². The highest BCUT2D eigenvalue weighted by Gasteiger charge is 2.13. The van der Waals surface area contributed by atoms with Crippen molar-refractivity contribution >= 4 is 34.9 Å². The molecule has 3 aromatic heterocycles. The van der Waals surface area contributed by atoms with Crippen molar-refractivity contribution in [2.45, 2.75) is 13.8 Å². The fraction of sp³-hybridized carbons (Fsp3) is 0.150. The summed E-state index contributed by atoms with van der Waals surface area (Å²) in [6.07, 6.45) is 5.32. The van der Waals surface area contributed by atoms with Crippen molar-refractivity contribution in [1.29, 1.82) is 0 Å². The Morgan fingerprint density at radius 3 is 2.69 bits per heavy atom. The summed E-state index contributed by atoms with van der Waals surface area (Å²) in [5.41, 5.74) is 3.90. The van der Waals surface area contributed by atoms with Gasteiger partial charge >= 0.3 is 0 Å². The minimum absolute atomic E-state index is 0.218. The number of rotatable bonds is 5. The van der Waals surface area contributed by atoms with E-state index in [2.05, 4.69) is 30.8 Å². The van der Waals surface area contributed by atoms with Gasteiger partial charge in [0.15, 0.2) is 11.6 Å². The molecular weight excluding hydrogens is 393 g/mol. The van der Waals surface area contributed by atoms with Gasteiger partial charge in [-0.2, -0.15) is 10.1 Å². The Kier molecular flexibility index (Phi) is 4.94. The summed E-state index contributed by atoms with van der Waals surface area (Å²) < 4.78 is 16.7. The lowest BCUT2D eigenvalue weighted by molar-refractivity contribution is 0.631. The molecule has 29 heavy (non-hydrogen) atoms. The third-order valence-electron chi connectivity index (χ3n) is 4.40. The molecule has 0 saturated heterocycles. The van der Waals surface area contributed by atoms with Gasteiger partial charge in [-0.05, 0) is 48.7 Å². The molecule has 0 atom stereocenters. The zero-order valence-corrected chi connectivity index (χ0v) is 16.8. The Morgan fingerprint density at radius 2 is 2.00 bits per heavy atom. The quantitative estimate of drug-likeness (QED) is 0.425. The lowest BCUT2D eigenvalue weighted by Crippen LogP contribution is -2.03. The third kappa shape index (κ3) is 4.07. The van der Waals surface area contributed by atoms with E-state index in [4.69, 9.17) is 11.6 Å². The minimum Gasteiger partial charge on any atom is -0.357 e. The van der Waals surface area contributed by atoms with Crippen molar-refractivity contribution in [3.05, 3.63) is 65.0 Å². The molecule has 0 aliphatic heterocycles. The van der Waals surface area contributed by atoms with Crippen LogP contribution in [0.1, 0.15) is 11.3 Å². The molecule has 0 spiro atoms. The van der Waals surface area contributed by atoms with Crippen molar-refractivity contribution in [2.75, 3.05) is 10.6 Å². The molecule has 1 aromatic carbocycles. The van der Waals surface area contributed by atoms with Crippen molar-refractivity contribution in [3.8, 4) is 11.1 Å². The number of aromatic amines is 1. The Bertz CT molecular complexity index is 1180. The molecule has 0 fully saturated rings. The highest BCUT2D eigenvalue weighted by Crippen LogP contribution is 2.30. The smallest absolute Gasteiger partial charge is 0.229 e. The monoisotopic (exact) mass is 411 g/mol. The molecule has 3 N–H and O–H groups in total. The van der Waals surface area contributed by atoms with E-state index in [9.17, 15) is 4.39 Å². The number of halogens is 2. The first-order valence-corrected chi connectivity index (χ1v) is 9.28. The van der Waals surface area contributed by atoms with Crippen molar-refractivity contribution in [2.24, 2.45) is 7.05 Å². The van der Waals surface area contributed by atoms with Crippen LogP contribution in [0, 0.1) is 19.7 Å². The normalized spacial score (nSPS) is 10.9. The molecule has 7 nitrogen and oxygen atoms in total. The van der Waals surface area contributed by atoms with Crippen LogP contribution in [0.2, 0.25) is 5.02 Å². The molecule has 9 heteroatoms. The van der Waals surface area contributed by atoms with Gasteiger partial charge in [0.1, 0.15) is 10.8 Å². The second kappa shape index (κ2) is 7.56. The number of H-pyrrole nitrogens is 1. The first-order valence-electron chi connectivity index (χ1n) is 8.90. The van der Waals surface area contributed by atoms with Crippen LogP contribution in [0.25, 0.3) is 11.1 Å². The highest BCUT2D eigenvalue weighted by molar-refractivity contribution is 6.32. The molecule has 0 aliphatic carbocycles. The predicted octanol–water partition coefficient (Wildman–Crippen LogP) is 5.10. The molecule has 0 radical (unpaired) electrons. The summed E-state index contributed by atoms with van der Waals surface area (Å²) in [5.74, 6) is 0.761. The van der Waals surface area contributed by atoms with Crippen LogP contribution in [-0.2, 0) is 7.05 Å². The number of benzene rings is 1. The topological polar surface area (TPSA) is 83.4 Å². The van der Waals surface area contributed by atoms with Gasteiger partial charge in [0.05, 0.1) is 11.9 Å².